The molecule has 33 heavy (non-hydrogen) atoms. The van der Waals surface area contributed by atoms with Gasteiger partial charge in [0.25, 0.3) is 0 Å². The molecular weight excluding hydrogens is 496 g/mol. The van der Waals surface area contributed by atoms with E-state index in [9.17, 15) is 0 Å². The zero-order chi connectivity index (χ0) is 22.4. The normalized spacial score (nSPS) is 11.3. The molecule has 158 valence electrons. The Morgan fingerprint density at radius 3 is 1.85 bits per heavy atom. The Labute approximate surface area is 203 Å². The first-order valence-electron chi connectivity index (χ1n) is 10.4. The maximum absolute atomic E-state index is 6.47. The molecule has 0 aliphatic rings. The van der Waals surface area contributed by atoms with Crippen LogP contribution >= 0.6 is 27.5 Å². The van der Waals surface area contributed by atoms with Gasteiger partial charge < -0.3 is 0 Å². The molecule has 0 saturated heterocycles. The number of aromatic nitrogens is 4. The minimum atomic E-state index is 0.545. The van der Waals surface area contributed by atoms with Crippen LogP contribution in [0.5, 0.6) is 0 Å². The zero-order valence-corrected chi connectivity index (χ0v) is 19.6. The highest BCUT2D eigenvalue weighted by Crippen LogP contribution is 2.38. The van der Waals surface area contributed by atoms with E-state index in [1.807, 2.05) is 84.9 Å². The molecule has 0 atom stereocenters. The second-order valence-electron chi connectivity index (χ2n) is 7.65. The molecular formula is C27H16BrClN4. The third-order valence-corrected chi connectivity index (χ3v) is 6.42. The Morgan fingerprint density at radius 1 is 0.636 bits per heavy atom. The topological polar surface area (TPSA) is 43.6 Å². The lowest BCUT2D eigenvalue weighted by molar-refractivity contribution is 0.953. The van der Waals surface area contributed by atoms with E-state index >= 15 is 0 Å². The highest BCUT2D eigenvalue weighted by molar-refractivity contribution is 9.10. The largest absolute Gasteiger partial charge is 0.278 e. The van der Waals surface area contributed by atoms with E-state index in [0.29, 0.717) is 22.6 Å². The molecule has 0 unspecified atom stereocenters. The average Bonchev–Trinajstić information content (AvgIpc) is 3.19. The van der Waals surface area contributed by atoms with Crippen LogP contribution in [0.25, 0.3) is 50.5 Å². The molecule has 6 heteroatoms. The monoisotopic (exact) mass is 510 g/mol. The SMILES string of the molecule is Clc1cc(Br)c2c3ccccc3n(-c3nc(-c4ccccc4)nc(-c4ccccc4)n3)c2c1. The summed E-state index contributed by atoms with van der Waals surface area (Å²) in [7, 11) is 0. The molecule has 0 saturated carbocycles. The number of benzene rings is 4. The summed E-state index contributed by atoms with van der Waals surface area (Å²) < 4.78 is 2.99. The van der Waals surface area contributed by atoms with Crippen LogP contribution in [0.1, 0.15) is 0 Å². The molecule has 6 rings (SSSR count). The quantitative estimate of drug-likeness (QED) is 0.244. The smallest absolute Gasteiger partial charge is 0.238 e. The predicted molar refractivity (Wildman–Crippen MR) is 138 cm³/mol. The Bertz CT molecular complexity index is 1570. The second-order valence-corrected chi connectivity index (χ2v) is 8.94. The summed E-state index contributed by atoms with van der Waals surface area (Å²) in [4.78, 5) is 14.6. The standard InChI is InChI=1S/C27H16BrClN4/c28-21-15-19(29)16-23-24(21)20-13-7-8-14-22(20)33(23)27-31-25(17-9-3-1-4-10-17)30-26(32-27)18-11-5-2-6-12-18/h1-16H. The van der Waals surface area contributed by atoms with Gasteiger partial charge in [-0.15, -0.1) is 0 Å². The van der Waals surface area contributed by atoms with Gasteiger partial charge in [-0.1, -0.05) is 106 Å². The van der Waals surface area contributed by atoms with E-state index in [1.165, 1.54) is 0 Å². The Balaban J connectivity index is 1.72. The Hall–Kier alpha value is -3.54. The number of fused-ring (bicyclic) bond motifs is 3. The molecule has 0 radical (unpaired) electrons. The predicted octanol–water partition coefficient (Wildman–Crippen LogP) is 7.72. The van der Waals surface area contributed by atoms with E-state index in [1.54, 1.807) is 0 Å². The first kappa shape index (κ1) is 20.1. The van der Waals surface area contributed by atoms with Crippen LogP contribution in [-0.4, -0.2) is 19.5 Å². The van der Waals surface area contributed by atoms with Crippen LogP contribution in [0.15, 0.2) is 102 Å². The highest BCUT2D eigenvalue weighted by Gasteiger charge is 2.19. The number of hydrogen-bond donors (Lipinski definition) is 0. The summed E-state index contributed by atoms with van der Waals surface area (Å²) in [5, 5.41) is 2.80. The summed E-state index contributed by atoms with van der Waals surface area (Å²) in [6, 6.07) is 32.0. The summed E-state index contributed by atoms with van der Waals surface area (Å²) in [6.45, 7) is 0. The van der Waals surface area contributed by atoms with E-state index in [2.05, 4.69) is 32.6 Å². The van der Waals surface area contributed by atoms with E-state index in [0.717, 1.165) is 37.4 Å². The molecule has 0 fully saturated rings. The Morgan fingerprint density at radius 2 is 1.21 bits per heavy atom. The van der Waals surface area contributed by atoms with Crippen molar-refractivity contribution in [1.29, 1.82) is 0 Å². The van der Waals surface area contributed by atoms with Crippen molar-refractivity contribution in [3.63, 3.8) is 0 Å². The van der Waals surface area contributed by atoms with Gasteiger partial charge in [-0.3, -0.25) is 4.57 Å². The fourth-order valence-electron chi connectivity index (χ4n) is 4.13. The van der Waals surface area contributed by atoms with Crippen molar-refractivity contribution in [2.45, 2.75) is 0 Å². The molecule has 6 aromatic rings. The van der Waals surface area contributed by atoms with Gasteiger partial charge in [0.15, 0.2) is 11.6 Å². The van der Waals surface area contributed by atoms with Crippen molar-refractivity contribution in [1.82, 2.24) is 19.5 Å². The van der Waals surface area contributed by atoms with Crippen LogP contribution in [0.4, 0.5) is 0 Å². The molecule has 4 nitrogen and oxygen atoms in total. The summed E-state index contributed by atoms with van der Waals surface area (Å²) >= 11 is 10.2. The lowest BCUT2D eigenvalue weighted by atomic mass is 10.1. The molecule has 0 aliphatic carbocycles. The van der Waals surface area contributed by atoms with Gasteiger partial charge in [0.05, 0.1) is 11.0 Å². The van der Waals surface area contributed by atoms with Crippen LogP contribution < -0.4 is 0 Å². The second kappa shape index (κ2) is 8.10. The molecule has 0 bridgehead atoms. The van der Waals surface area contributed by atoms with Crippen molar-refractivity contribution in [3.8, 4) is 28.7 Å². The average molecular weight is 512 g/mol. The molecule has 2 heterocycles. The van der Waals surface area contributed by atoms with Gasteiger partial charge in [0.2, 0.25) is 5.95 Å². The zero-order valence-electron chi connectivity index (χ0n) is 17.3. The van der Waals surface area contributed by atoms with Crippen LogP contribution in [0.3, 0.4) is 0 Å². The van der Waals surface area contributed by atoms with E-state index in [-0.39, 0.29) is 0 Å². The molecule has 4 aromatic carbocycles. The number of nitrogens with zero attached hydrogens (tertiary/aromatic N) is 4. The van der Waals surface area contributed by atoms with Crippen molar-refractivity contribution in [2.75, 3.05) is 0 Å². The molecule has 2 aromatic heterocycles. The van der Waals surface area contributed by atoms with Gasteiger partial charge >= 0.3 is 0 Å². The van der Waals surface area contributed by atoms with Gasteiger partial charge in [-0.2, -0.15) is 9.97 Å². The third kappa shape index (κ3) is 3.50. The minimum Gasteiger partial charge on any atom is -0.278 e. The first-order valence-corrected chi connectivity index (χ1v) is 11.6. The van der Waals surface area contributed by atoms with E-state index in [4.69, 9.17) is 26.6 Å². The summed E-state index contributed by atoms with van der Waals surface area (Å²) in [5.41, 5.74) is 3.79. The maximum atomic E-state index is 6.47. The fraction of sp³-hybridized carbons (Fsp3) is 0. The summed E-state index contributed by atoms with van der Waals surface area (Å²) in [5.74, 6) is 1.78. The highest BCUT2D eigenvalue weighted by atomic mass is 79.9. The molecule has 0 N–H and O–H groups in total. The molecule has 0 amide bonds. The third-order valence-electron chi connectivity index (χ3n) is 5.58. The molecule has 0 spiro atoms. The van der Waals surface area contributed by atoms with Crippen molar-refractivity contribution >= 4 is 49.3 Å². The number of hydrogen-bond acceptors (Lipinski definition) is 3. The number of para-hydroxylation sites is 1. The maximum Gasteiger partial charge on any atom is 0.238 e. The van der Waals surface area contributed by atoms with Crippen molar-refractivity contribution < 1.29 is 0 Å². The summed E-state index contributed by atoms with van der Waals surface area (Å²) in [6.07, 6.45) is 0. The lowest BCUT2D eigenvalue weighted by Crippen LogP contribution is -2.06. The van der Waals surface area contributed by atoms with Gasteiger partial charge in [0.1, 0.15) is 0 Å². The van der Waals surface area contributed by atoms with E-state index < -0.39 is 0 Å². The lowest BCUT2D eigenvalue weighted by Gasteiger charge is -2.11. The van der Waals surface area contributed by atoms with Crippen molar-refractivity contribution in [2.24, 2.45) is 0 Å². The number of rotatable bonds is 3. The Kier molecular flexibility index (Phi) is 4.93. The van der Waals surface area contributed by atoms with Crippen LogP contribution in [0.2, 0.25) is 5.02 Å². The van der Waals surface area contributed by atoms with Crippen molar-refractivity contribution in [3.05, 3.63) is 107 Å². The van der Waals surface area contributed by atoms with Crippen LogP contribution in [-0.2, 0) is 0 Å². The van der Waals surface area contributed by atoms with Gasteiger partial charge in [0, 0.05) is 31.4 Å². The fourth-order valence-corrected chi connectivity index (χ4v) is 5.13. The van der Waals surface area contributed by atoms with Gasteiger partial charge in [-0.05, 0) is 18.2 Å². The first-order chi connectivity index (χ1) is 16.2. The molecule has 0 aliphatic heterocycles. The van der Waals surface area contributed by atoms with Crippen LogP contribution in [0, 0.1) is 0 Å². The minimum absolute atomic E-state index is 0.545. The van der Waals surface area contributed by atoms with Gasteiger partial charge in [-0.25, -0.2) is 4.98 Å². The number of halogens is 2.